The highest BCUT2D eigenvalue weighted by Gasteiger charge is 2.24. The first kappa shape index (κ1) is 13.0. The van der Waals surface area contributed by atoms with Gasteiger partial charge >= 0.3 is 0 Å². The fourth-order valence-corrected chi connectivity index (χ4v) is 2.80. The highest BCUT2D eigenvalue weighted by molar-refractivity contribution is 4.79. The maximum absolute atomic E-state index is 5.50. The molecule has 0 radical (unpaired) electrons. The molecule has 1 aliphatic carbocycles. The van der Waals surface area contributed by atoms with Gasteiger partial charge in [0.15, 0.2) is 0 Å². The molecule has 1 fully saturated rings. The zero-order chi connectivity index (χ0) is 11.1. The zero-order valence-corrected chi connectivity index (χ0v) is 10.5. The van der Waals surface area contributed by atoms with Crippen molar-refractivity contribution in [3.63, 3.8) is 0 Å². The van der Waals surface area contributed by atoms with Crippen molar-refractivity contribution in [2.45, 2.75) is 57.9 Å². The summed E-state index contributed by atoms with van der Waals surface area (Å²) in [6.45, 7) is 4.53. The van der Waals surface area contributed by atoms with Crippen molar-refractivity contribution in [3.8, 4) is 0 Å². The van der Waals surface area contributed by atoms with Crippen LogP contribution in [0, 0.1) is 5.92 Å². The summed E-state index contributed by atoms with van der Waals surface area (Å²) >= 11 is 0. The third-order valence-electron chi connectivity index (χ3n) is 3.85. The maximum Gasteiger partial charge on any atom is 0.0118 e. The number of hydrogen-bond donors (Lipinski definition) is 1. The molecule has 0 aromatic rings. The molecular formula is C13H28N2. The van der Waals surface area contributed by atoms with Gasteiger partial charge in [0, 0.05) is 6.04 Å². The summed E-state index contributed by atoms with van der Waals surface area (Å²) < 4.78 is 0. The molecule has 2 heteroatoms. The first-order valence-corrected chi connectivity index (χ1v) is 6.66. The Kier molecular flexibility index (Phi) is 6.26. The minimum atomic E-state index is 0.844. The number of unbranched alkanes of at least 4 members (excludes halogenated alkanes) is 2. The molecule has 2 nitrogen and oxygen atoms in total. The van der Waals surface area contributed by atoms with E-state index in [-0.39, 0.29) is 0 Å². The second-order valence-corrected chi connectivity index (χ2v) is 5.16. The van der Waals surface area contributed by atoms with Crippen molar-refractivity contribution in [1.82, 2.24) is 4.90 Å². The lowest BCUT2D eigenvalue weighted by Crippen LogP contribution is -2.39. The summed E-state index contributed by atoms with van der Waals surface area (Å²) in [6, 6.07) is 0.844. The average molecular weight is 212 g/mol. The normalized spacial score (nSPS) is 27.2. The second kappa shape index (κ2) is 7.24. The van der Waals surface area contributed by atoms with Gasteiger partial charge in [-0.25, -0.2) is 0 Å². The average Bonchev–Trinajstić information content (AvgIpc) is 2.25. The Bertz CT molecular complexity index is 159. The topological polar surface area (TPSA) is 29.3 Å². The predicted octanol–water partition coefficient (Wildman–Crippen LogP) is 2.63. The lowest BCUT2D eigenvalue weighted by molar-refractivity contribution is 0.137. The molecule has 0 aromatic heterocycles. The monoisotopic (exact) mass is 212 g/mol. The van der Waals surface area contributed by atoms with E-state index in [4.69, 9.17) is 5.73 Å². The van der Waals surface area contributed by atoms with E-state index in [1.807, 2.05) is 0 Å². The third-order valence-corrected chi connectivity index (χ3v) is 3.85. The van der Waals surface area contributed by atoms with Crippen LogP contribution in [0.1, 0.15) is 51.9 Å². The summed E-state index contributed by atoms with van der Waals surface area (Å²) in [5, 5.41) is 0. The molecule has 0 aliphatic heterocycles. The van der Waals surface area contributed by atoms with Gasteiger partial charge in [-0.1, -0.05) is 26.2 Å². The molecular weight excluding hydrogens is 184 g/mol. The Morgan fingerprint density at radius 1 is 1.13 bits per heavy atom. The summed E-state index contributed by atoms with van der Waals surface area (Å²) in [5.74, 6) is 0.901. The SMILES string of the molecule is CC1CCCCC1N(C)CCCCCN. The van der Waals surface area contributed by atoms with Crippen LogP contribution in [0.15, 0.2) is 0 Å². The quantitative estimate of drug-likeness (QED) is 0.686. The van der Waals surface area contributed by atoms with Crippen molar-refractivity contribution in [1.29, 1.82) is 0 Å². The van der Waals surface area contributed by atoms with Gasteiger partial charge in [-0.3, -0.25) is 0 Å². The van der Waals surface area contributed by atoms with Crippen molar-refractivity contribution < 1.29 is 0 Å². The smallest absolute Gasteiger partial charge is 0.0118 e. The lowest BCUT2D eigenvalue weighted by atomic mass is 9.85. The first-order valence-electron chi connectivity index (χ1n) is 6.66. The van der Waals surface area contributed by atoms with E-state index in [0.717, 1.165) is 18.5 Å². The standard InChI is InChI=1S/C13H28N2/c1-12-8-4-5-9-13(12)15(2)11-7-3-6-10-14/h12-13H,3-11,14H2,1-2H3. The Hall–Kier alpha value is -0.0800. The molecule has 2 N–H and O–H groups in total. The Morgan fingerprint density at radius 3 is 2.53 bits per heavy atom. The fraction of sp³-hybridized carbons (Fsp3) is 1.00. The van der Waals surface area contributed by atoms with Crippen molar-refractivity contribution in [2.75, 3.05) is 20.1 Å². The van der Waals surface area contributed by atoms with Gasteiger partial charge in [0.05, 0.1) is 0 Å². The van der Waals surface area contributed by atoms with E-state index in [1.165, 1.54) is 51.5 Å². The van der Waals surface area contributed by atoms with Crippen molar-refractivity contribution in [3.05, 3.63) is 0 Å². The Labute approximate surface area is 95.2 Å². The highest BCUT2D eigenvalue weighted by Crippen LogP contribution is 2.27. The number of nitrogens with two attached hydrogens (primary N) is 1. The minimum absolute atomic E-state index is 0.844. The van der Waals surface area contributed by atoms with Gasteiger partial charge in [0.25, 0.3) is 0 Å². The minimum Gasteiger partial charge on any atom is -0.330 e. The zero-order valence-electron chi connectivity index (χ0n) is 10.5. The van der Waals surface area contributed by atoms with Crippen LogP contribution in [0.25, 0.3) is 0 Å². The van der Waals surface area contributed by atoms with E-state index in [1.54, 1.807) is 0 Å². The fourth-order valence-electron chi connectivity index (χ4n) is 2.80. The van der Waals surface area contributed by atoms with Gasteiger partial charge < -0.3 is 10.6 Å². The van der Waals surface area contributed by atoms with Crippen LogP contribution in [0.5, 0.6) is 0 Å². The first-order chi connectivity index (χ1) is 7.25. The molecule has 0 heterocycles. The van der Waals surface area contributed by atoms with Crippen LogP contribution in [0.3, 0.4) is 0 Å². The Balaban J connectivity index is 2.16. The largest absolute Gasteiger partial charge is 0.330 e. The predicted molar refractivity (Wildman–Crippen MR) is 67.0 cm³/mol. The third kappa shape index (κ3) is 4.52. The highest BCUT2D eigenvalue weighted by atomic mass is 15.1. The Morgan fingerprint density at radius 2 is 1.87 bits per heavy atom. The van der Waals surface area contributed by atoms with Crippen molar-refractivity contribution >= 4 is 0 Å². The summed E-state index contributed by atoms with van der Waals surface area (Å²) in [6.07, 6.45) is 9.51. The van der Waals surface area contributed by atoms with E-state index >= 15 is 0 Å². The van der Waals surface area contributed by atoms with Gasteiger partial charge in [0.1, 0.15) is 0 Å². The summed E-state index contributed by atoms with van der Waals surface area (Å²) in [5.41, 5.74) is 5.50. The lowest BCUT2D eigenvalue weighted by Gasteiger charge is -2.36. The molecule has 1 saturated carbocycles. The molecule has 2 unspecified atom stereocenters. The van der Waals surface area contributed by atoms with Crippen LogP contribution < -0.4 is 5.73 Å². The molecule has 1 rings (SSSR count). The van der Waals surface area contributed by atoms with E-state index in [2.05, 4.69) is 18.9 Å². The molecule has 0 aromatic carbocycles. The van der Waals surface area contributed by atoms with Crippen LogP contribution in [0.2, 0.25) is 0 Å². The molecule has 0 amide bonds. The molecule has 2 atom stereocenters. The maximum atomic E-state index is 5.50. The van der Waals surface area contributed by atoms with Gasteiger partial charge in [-0.15, -0.1) is 0 Å². The molecule has 15 heavy (non-hydrogen) atoms. The van der Waals surface area contributed by atoms with Crippen LogP contribution >= 0.6 is 0 Å². The summed E-state index contributed by atoms with van der Waals surface area (Å²) in [4.78, 5) is 2.58. The van der Waals surface area contributed by atoms with Crippen LogP contribution in [-0.2, 0) is 0 Å². The van der Waals surface area contributed by atoms with E-state index < -0.39 is 0 Å². The van der Waals surface area contributed by atoms with Gasteiger partial charge in [0.2, 0.25) is 0 Å². The molecule has 0 spiro atoms. The molecule has 1 aliphatic rings. The number of nitrogens with zero attached hydrogens (tertiary/aromatic N) is 1. The van der Waals surface area contributed by atoms with Gasteiger partial charge in [-0.2, -0.15) is 0 Å². The van der Waals surface area contributed by atoms with E-state index in [9.17, 15) is 0 Å². The van der Waals surface area contributed by atoms with Gasteiger partial charge in [-0.05, 0) is 51.7 Å². The second-order valence-electron chi connectivity index (χ2n) is 5.16. The molecule has 90 valence electrons. The van der Waals surface area contributed by atoms with Crippen molar-refractivity contribution in [2.24, 2.45) is 11.7 Å². The van der Waals surface area contributed by atoms with E-state index in [0.29, 0.717) is 0 Å². The molecule has 0 bridgehead atoms. The molecule has 0 saturated heterocycles. The number of rotatable bonds is 6. The van der Waals surface area contributed by atoms with Crippen LogP contribution in [0.4, 0.5) is 0 Å². The number of hydrogen-bond acceptors (Lipinski definition) is 2. The summed E-state index contributed by atoms with van der Waals surface area (Å²) in [7, 11) is 2.30. The van der Waals surface area contributed by atoms with Crippen LogP contribution in [-0.4, -0.2) is 31.1 Å².